The Bertz CT molecular complexity index is 611. The molecule has 2 rings (SSSR count). The molecule has 2 atom stereocenters. The van der Waals surface area contributed by atoms with Gasteiger partial charge in [0.15, 0.2) is 0 Å². The summed E-state index contributed by atoms with van der Waals surface area (Å²) in [7, 11) is 1.28. The van der Waals surface area contributed by atoms with Crippen LogP contribution in [0.2, 0.25) is 0 Å². The molecule has 4 amide bonds. The summed E-state index contributed by atoms with van der Waals surface area (Å²) < 4.78 is 1.67. The van der Waals surface area contributed by atoms with Crippen molar-refractivity contribution in [1.82, 2.24) is 8.61 Å². The van der Waals surface area contributed by atoms with Gasteiger partial charge in [-0.25, -0.2) is 8.61 Å². The molecule has 2 aliphatic heterocycles. The van der Waals surface area contributed by atoms with Crippen molar-refractivity contribution in [3.8, 4) is 0 Å². The Balaban J connectivity index is 1.89. The highest BCUT2D eigenvalue weighted by Crippen LogP contribution is 2.40. The lowest BCUT2D eigenvalue weighted by Crippen LogP contribution is -2.27. The number of carboxylic acid groups (broad SMARTS) is 2. The number of carboxylic acids is 2. The van der Waals surface area contributed by atoms with E-state index < -0.39 is 47.4 Å². The quantitative estimate of drug-likeness (QED) is 0.319. The van der Waals surface area contributed by atoms with E-state index in [1.54, 1.807) is 0 Å². The first kappa shape index (κ1) is 20.2. The Morgan fingerprint density at radius 1 is 0.808 bits per heavy atom. The standard InChI is InChI=1S/C14H16N2O8S2/c17-9-5-7(1-3-11(19)20)13(23)15(9)25-26-16-10(18)6-8(14(16)24)2-4-12(21)22/h7-8H,1-6H2,(H,19,20)(H,21,22). The number of aliphatic carboxylic acids is 2. The number of nitrogens with zero attached hydrogens (tertiary/aromatic N) is 2. The fraction of sp³-hybridized carbons (Fsp3) is 0.571. The number of carbonyl (C=O) groups is 6. The fourth-order valence-electron chi connectivity index (χ4n) is 2.61. The van der Waals surface area contributed by atoms with Gasteiger partial charge < -0.3 is 10.2 Å². The zero-order valence-electron chi connectivity index (χ0n) is 13.5. The molecule has 2 unspecified atom stereocenters. The molecule has 2 aliphatic rings. The molecule has 12 heteroatoms. The first-order valence-corrected chi connectivity index (χ1v) is 9.79. The van der Waals surface area contributed by atoms with Crippen LogP contribution >= 0.6 is 22.0 Å². The van der Waals surface area contributed by atoms with E-state index in [1.807, 2.05) is 0 Å². The van der Waals surface area contributed by atoms with Gasteiger partial charge in [-0.3, -0.25) is 28.8 Å². The van der Waals surface area contributed by atoms with Crippen LogP contribution in [-0.2, 0) is 28.8 Å². The van der Waals surface area contributed by atoms with Crippen LogP contribution in [0.5, 0.6) is 0 Å². The van der Waals surface area contributed by atoms with Crippen LogP contribution in [0, 0.1) is 11.8 Å². The molecule has 2 fully saturated rings. The number of carbonyl (C=O) groups excluding carboxylic acids is 4. The lowest BCUT2D eigenvalue weighted by molar-refractivity contribution is -0.139. The van der Waals surface area contributed by atoms with Gasteiger partial charge in [-0.15, -0.1) is 0 Å². The van der Waals surface area contributed by atoms with Crippen LogP contribution in [0.1, 0.15) is 38.5 Å². The molecule has 2 saturated heterocycles. The SMILES string of the molecule is O=C(O)CCC1CC(=O)N(SSN2C(=O)CC(CCC(=O)O)C2=O)C1=O. The van der Waals surface area contributed by atoms with Crippen LogP contribution in [0.25, 0.3) is 0 Å². The van der Waals surface area contributed by atoms with E-state index in [9.17, 15) is 28.8 Å². The normalized spacial score (nSPS) is 23.2. The smallest absolute Gasteiger partial charge is 0.303 e. The minimum atomic E-state index is -1.06. The Morgan fingerprint density at radius 2 is 1.15 bits per heavy atom. The van der Waals surface area contributed by atoms with Crippen LogP contribution in [-0.4, -0.2) is 54.4 Å². The summed E-state index contributed by atoms with van der Waals surface area (Å²) in [4.78, 5) is 69.3. The average molecular weight is 404 g/mol. The molecule has 142 valence electrons. The number of rotatable bonds is 9. The molecular weight excluding hydrogens is 388 g/mol. The van der Waals surface area contributed by atoms with E-state index >= 15 is 0 Å². The van der Waals surface area contributed by atoms with E-state index in [0.29, 0.717) is 22.0 Å². The highest BCUT2D eigenvalue weighted by Gasteiger charge is 2.43. The van der Waals surface area contributed by atoms with Crippen LogP contribution in [0.4, 0.5) is 0 Å². The molecule has 0 aromatic rings. The predicted molar refractivity (Wildman–Crippen MR) is 88.8 cm³/mol. The number of hydrogen-bond donors (Lipinski definition) is 2. The number of imide groups is 2. The van der Waals surface area contributed by atoms with Crippen LogP contribution in [0.3, 0.4) is 0 Å². The zero-order valence-corrected chi connectivity index (χ0v) is 15.1. The minimum Gasteiger partial charge on any atom is -0.481 e. The van der Waals surface area contributed by atoms with Gasteiger partial charge in [-0.1, -0.05) is 0 Å². The van der Waals surface area contributed by atoms with E-state index in [-0.39, 0.29) is 38.5 Å². The molecule has 0 bridgehead atoms. The summed E-state index contributed by atoms with van der Waals surface area (Å²) in [6.07, 6.45) is -0.597. The topological polar surface area (TPSA) is 149 Å². The molecule has 2 heterocycles. The van der Waals surface area contributed by atoms with Crippen molar-refractivity contribution in [2.75, 3.05) is 0 Å². The summed E-state index contributed by atoms with van der Waals surface area (Å²) in [5, 5.41) is 17.3. The number of amides is 4. The molecule has 2 N–H and O–H groups in total. The average Bonchev–Trinajstić information content (AvgIpc) is 2.98. The lowest BCUT2D eigenvalue weighted by atomic mass is 10.0. The van der Waals surface area contributed by atoms with Gasteiger partial charge in [0.05, 0.1) is 22.0 Å². The van der Waals surface area contributed by atoms with Crippen LogP contribution in [0.15, 0.2) is 0 Å². The van der Waals surface area contributed by atoms with Crippen LogP contribution < -0.4 is 0 Å². The van der Waals surface area contributed by atoms with Crippen molar-refractivity contribution in [2.45, 2.75) is 38.5 Å². The molecule has 0 aromatic heterocycles. The summed E-state index contributed by atoms with van der Waals surface area (Å²) in [6, 6.07) is 0. The first-order valence-electron chi connectivity index (χ1n) is 7.72. The molecule has 0 spiro atoms. The third-order valence-corrected chi connectivity index (χ3v) is 6.22. The number of hydrogen-bond acceptors (Lipinski definition) is 8. The van der Waals surface area contributed by atoms with E-state index in [4.69, 9.17) is 10.2 Å². The predicted octanol–water partition coefficient (Wildman–Crippen LogP) is 0.678. The van der Waals surface area contributed by atoms with Gasteiger partial charge in [0.2, 0.25) is 23.6 Å². The van der Waals surface area contributed by atoms with Gasteiger partial charge in [-0.05, 0) is 12.8 Å². The van der Waals surface area contributed by atoms with Crippen molar-refractivity contribution in [2.24, 2.45) is 11.8 Å². The highest BCUT2D eigenvalue weighted by molar-refractivity contribution is 8.75. The van der Waals surface area contributed by atoms with E-state index in [2.05, 4.69) is 0 Å². The maximum atomic E-state index is 12.2. The maximum absolute atomic E-state index is 12.2. The lowest BCUT2D eigenvalue weighted by Gasteiger charge is -2.16. The summed E-state index contributed by atoms with van der Waals surface area (Å²) in [6.45, 7) is 0. The Morgan fingerprint density at radius 3 is 1.46 bits per heavy atom. The van der Waals surface area contributed by atoms with Crippen molar-refractivity contribution in [3.63, 3.8) is 0 Å². The molecular formula is C14H16N2O8S2. The maximum Gasteiger partial charge on any atom is 0.303 e. The Hall–Kier alpha value is -2.08. The monoisotopic (exact) mass is 404 g/mol. The largest absolute Gasteiger partial charge is 0.481 e. The molecule has 0 radical (unpaired) electrons. The van der Waals surface area contributed by atoms with Crippen molar-refractivity contribution in [1.29, 1.82) is 0 Å². The molecule has 0 aromatic carbocycles. The third kappa shape index (κ3) is 4.75. The summed E-state index contributed by atoms with van der Waals surface area (Å²) in [5.41, 5.74) is 0. The zero-order chi connectivity index (χ0) is 19.4. The van der Waals surface area contributed by atoms with Gasteiger partial charge in [-0.2, -0.15) is 0 Å². The highest BCUT2D eigenvalue weighted by atomic mass is 33.1. The molecule has 26 heavy (non-hydrogen) atoms. The Labute approximate surface area is 155 Å². The molecule has 0 saturated carbocycles. The molecule has 10 nitrogen and oxygen atoms in total. The van der Waals surface area contributed by atoms with Gasteiger partial charge in [0, 0.05) is 37.5 Å². The third-order valence-electron chi connectivity index (χ3n) is 3.99. The summed E-state index contributed by atoms with van der Waals surface area (Å²) >= 11 is 0. The van der Waals surface area contributed by atoms with Crippen molar-refractivity contribution >= 4 is 57.5 Å². The minimum absolute atomic E-state index is 0.0421. The summed E-state index contributed by atoms with van der Waals surface area (Å²) in [5.74, 6) is -5.68. The first-order chi connectivity index (χ1) is 12.2. The van der Waals surface area contributed by atoms with Crippen molar-refractivity contribution < 1.29 is 39.0 Å². The van der Waals surface area contributed by atoms with Gasteiger partial charge in [0.25, 0.3) is 0 Å². The second-order valence-corrected chi connectivity index (χ2v) is 7.79. The Kier molecular flexibility index (Phi) is 6.64. The second kappa shape index (κ2) is 8.54. The second-order valence-electron chi connectivity index (χ2n) is 5.87. The van der Waals surface area contributed by atoms with E-state index in [1.165, 1.54) is 0 Å². The van der Waals surface area contributed by atoms with E-state index in [0.717, 1.165) is 8.61 Å². The molecule has 0 aliphatic carbocycles. The van der Waals surface area contributed by atoms with Gasteiger partial charge >= 0.3 is 11.9 Å². The van der Waals surface area contributed by atoms with Gasteiger partial charge in [0.1, 0.15) is 0 Å². The van der Waals surface area contributed by atoms with Crippen molar-refractivity contribution in [3.05, 3.63) is 0 Å². The fourth-order valence-corrected chi connectivity index (χ4v) is 4.84.